The lowest BCUT2D eigenvalue weighted by Crippen LogP contribution is -2.24. The number of alkyl halides is 2. The van der Waals surface area contributed by atoms with E-state index in [0.29, 0.717) is 5.69 Å². The van der Waals surface area contributed by atoms with Crippen molar-refractivity contribution in [1.82, 2.24) is 15.1 Å². The number of amides is 2. The van der Waals surface area contributed by atoms with Gasteiger partial charge in [-0.1, -0.05) is 0 Å². The number of nitrogens with one attached hydrogen (secondary N) is 2. The Balaban J connectivity index is 2.14. The first-order valence-electron chi connectivity index (χ1n) is 6.95. The van der Waals surface area contributed by atoms with Gasteiger partial charge in [-0.2, -0.15) is 5.10 Å². The Hall–Kier alpha value is -2.84. The second-order valence-corrected chi connectivity index (χ2v) is 4.99. The first-order valence-corrected chi connectivity index (χ1v) is 6.95. The molecule has 2 amide bonds. The van der Waals surface area contributed by atoms with Crippen LogP contribution in [-0.4, -0.2) is 28.6 Å². The van der Waals surface area contributed by atoms with E-state index in [-0.39, 0.29) is 23.8 Å². The summed E-state index contributed by atoms with van der Waals surface area (Å²) in [5.74, 6) is -1.94. The standard InChI is InChI=1S/C15H15F3N4O2/c1-8-5-12(21-22(8)7-13(23)19-2)20-15(24)9-3-4-10(14(17)18)11(16)6-9/h3-6,14H,7H2,1-2H3,(H,19,23)(H,20,21,24). The van der Waals surface area contributed by atoms with Crippen LogP contribution < -0.4 is 10.6 Å². The van der Waals surface area contributed by atoms with E-state index in [1.54, 1.807) is 6.92 Å². The zero-order valence-corrected chi connectivity index (χ0v) is 12.9. The Morgan fingerprint density at radius 3 is 2.58 bits per heavy atom. The fourth-order valence-electron chi connectivity index (χ4n) is 1.98. The van der Waals surface area contributed by atoms with Crippen LogP contribution in [0.25, 0.3) is 0 Å². The van der Waals surface area contributed by atoms with Gasteiger partial charge in [-0.3, -0.25) is 14.3 Å². The third-order valence-electron chi connectivity index (χ3n) is 3.29. The van der Waals surface area contributed by atoms with Crippen molar-refractivity contribution in [2.45, 2.75) is 19.9 Å². The molecule has 0 atom stereocenters. The Bertz CT molecular complexity index is 774. The second-order valence-electron chi connectivity index (χ2n) is 4.99. The highest BCUT2D eigenvalue weighted by atomic mass is 19.3. The number of hydrogen-bond donors (Lipinski definition) is 2. The fraction of sp³-hybridized carbons (Fsp3) is 0.267. The van der Waals surface area contributed by atoms with Crippen LogP contribution in [0.5, 0.6) is 0 Å². The van der Waals surface area contributed by atoms with Crippen LogP contribution in [0.4, 0.5) is 19.0 Å². The molecule has 0 spiro atoms. The number of carbonyl (C=O) groups is 2. The average molecular weight is 340 g/mol. The van der Waals surface area contributed by atoms with Crippen molar-refractivity contribution >= 4 is 17.6 Å². The molecule has 6 nitrogen and oxygen atoms in total. The van der Waals surface area contributed by atoms with E-state index in [0.717, 1.165) is 18.2 Å². The van der Waals surface area contributed by atoms with E-state index in [9.17, 15) is 22.8 Å². The summed E-state index contributed by atoms with van der Waals surface area (Å²) in [7, 11) is 1.49. The number of nitrogens with zero attached hydrogens (tertiary/aromatic N) is 2. The fourth-order valence-corrected chi connectivity index (χ4v) is 1.98. The minimum Gasteiger partial charge on any atom is -0.358 e. The summed E-state index contributed by atoms with van der Waals surface area (Å²) in [6.07, 6.45) is -2.95. The summed E-state index contributed by atoms with van der Waals surface area (Å²) in [6.45, 7) is 1.68. The maximum Gasteiger partial charge on any atom is 0.266 e. The molecule has 2 N–H and O–H groups in total. The van der Waals surface area contributed by atoms with Crippen LogP contribution in [0.1, 0.15) is 28.0 Å². The highest BCUT2D eigenvalue weighted by Gasteiger charge is 2.17. The van der Waals surface area contributed by atoms with E-state index in [4.69, 9.17) is 0 Å². The van der Waals surface area contributed by atoms with Gasteiger partial charge in [0.15, 0.2) is 5.82 Å². The van der Waals surface area contributed by atoms with Crippen LogP contribution in [0.2, 0.25) is 0 Å². The highest BCUT2D eigenvalue weighted by Crippen LogP contribution is 2.23. The molecule has 0 saturated heterocycles. The van der Waals surface area contributed by atoms with E-state index < -0.39 is 23.7 Å². The van der Waals surface area contributed by atoms with Crippen molar-refractivity contribution in [2.24, 2.45) is 0 Å². The largest absolute Gasteiger partial charge is 0.358 e. The zero-order chi connectivity index (χ0) is 17.9. The molecule has 0 fully saturated rings. The number of aromatic nitrogens is 2. The Morgan fingerprint density at radius 1 is 1.29 bits per heavy atom. The van der Waals surface area contributed by atoms with E-state index in [1.807, 2.05) is 0 Å². The summed E-state index contributed by atoms with van der Waals surface area (Å²) in [5, 5.41) is 8.92. The molecular weight excluding hydrogens is 325 g/mol. The third kappa shape index (κ3) is 3.92. The molecule has 0 radical (unpaired) electrons. The Labute approximate surface area is 135 Å². The molecule has 1 heterocycles. The molecule has 1 aromatic heterocycles. The summed E-state index contributed by atoms with van der Waals surface area (Å²) in [4.78, 5) is 23.4. The van der Waals surface area contributed by atoms with E-state index in [1.165, 1.54) is 17.8 Å². The van der Waals surface area contributed by atoms with Crippen LogP contribution >= 0.6 is 0 Å². The normalized spacial score (nSPS) is 10.8. The highest BCUT2D eigenvalue weighted by molar-refractivity contribution is 6.03. The minimum atomic E-state index is -2.95. The molecule has 0 bridgehead atoms. The number of aryl methyl sites for hydroxylation is 1. The lowest BCUT2D eigenvalue weighted by molar-refractivity contribution is -0.121. The maximum atomic E-state index is 13.5. The number of halogens is 3. The van der Waals surface area contributed by atoms with Gasteiger partial charge in [0.25, 0.3) is 12.3 Å². The van der Waals surface area contributed by atoms with Crippen LogP contribution in [0.3, 0.4) is 0 Å². The van der Waals surface area contributed by atoms with Gasteiger partial charge in [-0.25, -0.2) is 13.2 Å². The molecule has 0 aliphatic rings. The van der Waals surface area contributed by atoms with Crippen molar-refractivity contribution in [3.05, 3.63) is 46.9 Å². The molecule has 0 aliphatic heterocycles. The average Bonchev–Trinajstić information content (AvgIpc) is 2.85. The smallest absolute Gasteiger partial charge is 0.266 e. The molecule has 0 aliphatic carbocycles. The van der Waals surface area contributed by atoms with Crippen molar-refractivity contribution in [1.29, 1.82) is 0 Å². The van der Waals surface area contributed by atoms with Crippen LogP contribution in [-0.2, 0) is 11.3 Å². The monoisotopic (exact) mass is 340 g/mol. The number of likely N-dealkylation sites (N-methyl/N-ethyl adjacent to an activating group) is 1. The van der Waals surface area contributed by atoms with Gasteiger partial charge in [-0.15, -0.1) is 0 Å². The number of anilines is 1. The first-order chi connectivity index (χ1) is 11.3. The van der Waals surface area contributed by atoms with E-state index in [2.05, 4.69) is 15.7 Å². The zero-order valence-electron chi connectivity index (χ0n) is 12.9. The molecule has 2 rings (SSSR count). The quantitative estimate of drug-likeness (QED) is 0.877. The summed E-state index contributed by atoms with van der Waals surface area (Å²) < 4.78 is 39.9. The summed E-state index contributed by atoms with van der Waals surface area (Å²) >= 11 is 0. The van der Waals surface area contributed by atoms with E-state index >= 15 is 0 Å². The SMILES string of the molecule is CNC(=O)Cn1nc(NC(=O)c2ccc(C(F)F)c(F)c2)cc1C. The number of benzene rings is 1. The molecule has 1 aromatic carbocycles. The van der Waals surface area contributed by atoms with Crippen molar-refractivity contribution in [3.8, 4) is 0 Å². The number of rotatable bonds is 5. The lowest BCUT2D eigenvalue weighted by atomic mass is 10.1. The molecule has 9 heteroatoms. The first kappa shape index (κ1) is 17.5. The molecule has 128 valence electrons. The predicted octanol–water partition coefficient (Wildman–Crippen LogP) is 2.27. The summed E-state index contributed by atoms with van der Waals surface area (Å²) in [5.41, 5.74) is -0.249. The molecular formula is C15H15F3N4O2. The number of carbonyl (C=O) groups excluding carboxylic acids is 2. The molecule has 2 aromatic rings. The van der Waals surface area contributed by atoms with Crippen molar-refractivity contribution in [2.75, 3.05) is 12.4 Å². The lowest BCUT2D eigenvalue weighted by Gasteiger charge is -2.05. The van der Waals surface area contributed by atoms with Gasteiger partial charge in [-0.05, 0) is 25.1 Å². The predicted molar refractivity (Wildman–Crippen MR) is 80.3 cm³/mol. The Kier molecular flexibility index (Phi) is 5.22. The van der Waals surface area contributed by atoms with Crippen LogP contribution in [0.15, 0.2) is 24.3 Å². The molecule has 0 unspecified atom stereocenters. The second kappa shape index (κ2) is 7.16. The van der Waals surface area contributed by atoms with Crippen molar-refractivity contribution < 1.29 is 22.8 Å². The van der Waals surface area contributed by atoms with Crippen molar-refractivity contribution in [3.63, 3.8) is 0 Å². The van der Waals surface area contributed by atoms with Gasteiger partial charge in [0.05, 0.1) is 5.56 Å². The molecule has 0 saturated carbocycles. The third-order valence-corrected chi connectivity index (χ3v) is 3.29. The van der Waals surface area contributed by atoms with Gasteiger partial charge < -0.3 is 10.6 Å². The van der Waals surface area contributed by atoms with Gasteiger partial charge in [0, 0.05) is 24.4 Å². The van der Waals surface area contributed by atoms with Gasteiger partial charge in [0.1, 0.15) is 12.4 Å². The minimum absolute atomic E-state index is 0.0179. The molecule has 24 heavy (non-hydrogen) atoms. The van der Waals surface area contributed by atoms with Gasteiger partial charge in [0.2, 0.25) is 5.91 Å². The number of hydrogen-bond acceptors (Lipinski definition) is 3. The summed E-state index contributed by atoms with van der Waals surface area (Å²) in [6, 6.07) is 4.24. The maximum absolute atomic E-state index is 13.5. The Morgan fingerprint density at radius 2 is 2.00 bits per heavy atom. The van der Waals surface area contributed by atoms with Gasteiger partial charge >= 0.3 is 0 Å². The van der Waals surface area contributed by atoms with Crippen LogP contribution in [0, 0.1) is 12.7 Å². The topological polar surface area (TPSA) is 76.0 Å².